The van der Waals surface area contributed by atoms with Gasteiger partial charge in [0.05, 0.1) is 5.56 Å². The highest BCUT2D eigenvalue weighted by Crippen LogP contribution is 2.19. The van der Waals surface area contributed by atoms with E-state index < -0.39 is 0 Å². The molecular formula is C16H16FN3O2. The molecular weight excluding hydrogens is 285 g/mol. The van der Waals surface area contributed by atoms with Crippen LogP contribution in [-0.2, 0) is 4.79 Å². The number of nitrogens with zero attached hydrogens (tertiary/aromatic N) is 1. The van der Waals surface area contributed by atoms with Crippen molar-refractivity contribution in [3.63, 3.8) is 0 Å². The predicted molar refractivity (Wildman–Crippen MR) is 80.6 cm³/mol. The number of halogens is 1. The molecule has 1 aromatic heterocycles. The van der Waals surface area contributed by atoms with E-state index >= 15 is 0 Å². The zero-order valence-electron chi connectivity index (χ0n) is 12.1. The summed E-state index contributed by atoms with van der Waals surface area (Å²) >= 11 is 0. The molecule has 0 fully saturated rings. The van der Waals surface area contributed by atoms with E-state index in [9.17, 15) is 14.0 Å². The Morgan fingerprint density at radius 1 is 1.05 bits per heavy atom. The van der Waals surface area contributed by atoms with Gasteiger partial charge in [-0.05, 0) is 23.8 Å². The molecule has 0 spiro atoms. The summed E-state index contributed by atoms with van der Waals surface area (Å²) in [5.74, 6) is -0.736. The Labute approximate surface area is 127 Å². The second-order valence-corrected chi connectivity index (χ2v) is 4.71. The molecule has 0 aliphatic carbocycles. The fourth-order valence-corrected chi connectivity index (χ4v) is 1.88. The van der Waals surface area contributed by atoms with Gasteiger partial charge in [0.1, 0.15) is 5.82 Å². The van der Waals surface area contributed by atoms with Crippen LogP contribution in [0.15, 0.2) is 42.7 Å². The van der Waals surface area contributed by atoms with E-state index in [1.807, 2.05) is 0 Å². The van der Waals surface area contributed by atoms with Crippen LogP contribution >= 0.6 is 0 Å². The number of hydrogen-bond donors (Lipinski definition) is 2. The third-order valence-corrected chi connectivity index (χ3v) is 2.96. The predicted octanol–water partition coefficient (Wildman–Crippen LogP) is 1.75. The molecule has 0 aliphatic rings. The maximum Gasteiger partial charge on any atom is 0.252 e. The molecule has 6 heteroatoms. The minimum absolute atomic E-state index is 0.144. The van der Waals surface area contributed by atoms with Gasteiger partial charge in [0.15, 0.2) is 0 Å². The first kappa shape index (κ1) is 15.6. The standard InChI is InChI=1S/C16H16FN3O2/c1-11(21)19-6-7-20-16(22)14-8-13(9-18-10-14)12-2-4-15(17)5-3-12/h2-5,8-10H,6-7H2,1H3,(H,19,21)(H,20,22). The molecule has 5 nitrogen and oxygen atoms in total. The van der Waals surface area contributed by atoms with Crippen molar-refractivity contribution in [1.29, 1.82) is 0 Å². The van der Waals surface area contributed by atoms with Crippen molar-refractivity contribution in [2.75, 3.05) is 13.1 Å². The molecule has 22 heavy (non-hydrogen) atoms. The van der Waals surface area contributed by atoms with Crippen molar-refractivity contribution in [3.8, 4) is 11.1 Å². The van der Waals surface area contributed by atoms with Crippen LogP contribution in [0.2, 0.25) is 0 Å². The molecule has 2 N–H and O–H groups in total. The number of nitrogens with one attached hydrogen (secondary N) is 2. The number of hydrogen-bond acceptors (Lipinski definition) is 3. The van der Waals surface area contributed by atoms with Gasteiger partial charge in [0.25, 0.3) is 5.91 Å². The maximum atomic E-state index is 12.9. The van der Waals surface area contributed by atoms with Crippen molar-refractivity contribution in [2.24, 2.45) is 0 Å². The third-order valence-electron chi connectivity index (χ3n) is 2.96. The molecule has 0 atom stereocenters. The number of pyridine rings is 1. The van der Waals surface area contributed by atoms with Gasteiger partial charge in [-0.3, -0.25) is 14.6 Å². The van der Waals surface area contributed by atoms with E-state index in [0.29, 0.717) is 18.7 Å². The molecule has 2 amide bonds. The van der Waals surface area contributed by atoms with E-state index in [4.69, 9.17) is 0 Å². The van der Waals surface area contributed by atoms with Gasteiger partial charge in [0, 0.05) is 38.0 Å². The second kappa shape index (κ2) is 7.31. The minimum atomic E-state index is -0.316. The highest BCUT2D eigenvalue weighted by Gasteiger charge is 2.07. The van der Waals surface area contributed by atoms with Crippen molar-refractivity contribution in [2.45, 2.75) is 6.92 Å². The highest BCUT2D eigenvalue weighted by molar-refractivity contribution is 5.95. The SMILES string of the molecule is CC(=O)NCCNC(=O)c1cncc(-c2ccc(F)cc2)c1. The highest BCUT2D eigenvalue weighted by atomic mass is 19.1. The number of amides is 2. The van der Waals surface area contributed by atoms with E-state index in [-0.39, 0.29) is 17.6 Å². The Kier molecular flexibility index (Phi) is 5.19. The summed E-state index contributed by atoms with van der Waals surface area (Å²) in [7, 11) is 0. The largest absolute Gasteiger partial charge is 0.355 e. The summed E-state index contributed by atoms with van der Waals surface area (Å²) in [6, 6.07) is 7.66. The van der Waals surface area contributed by atoms with Gasteiger partial charge in [0.2, 0.25) is 5.91 Å². The van der Waals surface area contributed by atoms with Crippen LogP contribution in [-0.4, -0.2) is 29.9 Å². The number of carbonyl (C=O) groups is 2. The Balaban J connectivity index is 2.03. The molecule has 0 radical (unpaired) electrons. The monoisotopic (exact) mass is 301 g/mol. The molecule has 0 saturated carbocycles. The van der Waals surface area contributed by atoms with E-state index in [2.05, 4.69) is 15.6 Å². The van der Waals surface area contributed by atoms with E-state index in [1.54, 1.807) is 24.4 Å². The average Bonchev–Trinajstić information content (AvgIpc) is 2.52. The molecule has 0 aliphatic heterocycles. The third kappa shape index (κ3) is 4.37. The minimum Gasteiger partial charge on any atom is -0.355 e. The normalized spacial score (nSPS) is 10.1. The van der Waals surface area contributed by atoms with E-state index in [1.165, 1.54) is 25.3 Å². The zero-order valence-corrected chi connectivity index (χ0v) is 12.1. The molecule has 2 aromatic rings. The topological polar surface area (TPSA) is 71.1 Å². The first-order valence-corrected chi connectivity index (χ1v) is 6.80. The Morgan fingerprint density at radius 2 is 1.73 bits per heavy atom. The van der Waals surface area contributed by atoms with Crippen LogP contribution in [0.25, 0.3) is 11.1 Å². The molecule has 0 unspecified atom stereocenters. The fraction of sp³-hybridized carbons (Fsp3) is 0.188. The Bertz CT molecular complexity index is 671. The van der Waals surface area contributed by atoms with Crippen LogP contribution in [0.4, 0.5) is 4.39 Å². The number of rotatable bonds is 5. The maximum absolute atomic E-state index is 12.9. The van der Waals surface area contributed by atoms with Gasteiger partial charge in [-0.1, -0.05) is 12.1 Å². The summed E-state index contributed by atoms with van der Waals surface area (Å²) < 4.78 is 12.9. The van der Waals surface area contributed by atoms with Gasteiger partial charge in [-0.2, -0.15) is 0 Å². The summed E-state index contributed by atoms with van der Waals surface area (Å²) in [6.07, 6.45) is 3.07. The lowest BCUT2D eigenvalue weighted by Gasteiger charge is -2.07. The van der Waals surface area contributed by atoms with Crippen molar-refractivity contribution < 1.29 is 14.0 Å². The van der Waals surface area contributed by atoms with Crippen molar-refractivity contribution in [3.05, 3.63) is 54.1 Å². The Hall–Kier alpha value is -2.76. The van der Waals surface area contributed by atoms with Gasteiger partial charge < -0.3 is 10.6 Å². The number of aromatic nitrogens is 1. The second-order valence-electron chi connectivity index (χ2n) is 4.71. The molecule has 1 aromatic carbocycles. The molecule has 114 valence electrons. The summed E-state index contributed by atoms with van der Waals surface area (Å²) in [6.45, 7) is 2.11. The molecule has 2 rings (SSSR count). The smallest absolute Gasteiger partial charge is 0.252 e. The number of carbonyl (C=O) groups excluding carboxylic acids is 2. The van der Waals surface area contributed by atoms with Gasteiger partial charge >= 0.3 is 0 Å². The van der Waals surface area contributed by atoms with Crippen LogP contribution in [0, 0.1) is 5.82 Å². The van der Waals surface area contributed by atoms with Crippen molar-refractivity contribution in [1.82, 2.24) is 15.6 Å². The van der Waals surface area contributed by atoms with Crippen LogP contribution in [0.1, 0.15) is 17.3 Å². The van der Waals surface area contributed by atoms with Crippen LogP contribution < -0.4 is 10.6 Å². The lowest BCUT2D eigenvalue weighted by atomic mass is 10.1. The number of benzene rings is 1. The molecule has 0 saturated heterocycles. The quantitative estimate of drug-likeness (QED) is 0.827. The van der Waals surface area contributed by atoms with E-state index in [0.717, 1.165) is 11.1 Å². The summed E-state index contributed by atoms with van der Waals surface area (Å²) in [5, 5.41) is 5.28. The molecule has 1 heterocycles. The van der Waals surface area contributed by atoms with Crippen molar-refractivity contribution >= 4 is 11.8 Å². The lowest BCUT2D eigenvalue weighted by Crippen LogP contribution is -2.33. The van der Waals surface area contributed by atoms with Crippen LogP contribution in [0.5, 0.6) is 0 Å². The Morgan fingerprint density at radius 3 is 2.41 bits per heavy atom. The molecule has 0 bridgehead atoms. The lowest BCUT2D eigenvalue weighted by molar-refractivity contribution is -0.118. The average molecular weight is 301 g/mol. The van der Waals surface area contributed by atoms with Gasteiger partial charge in [-0.25, -0.2) is 4.39 Å². The summed E-state index contributed by atoms with van der Waals surface area (Å²) in [4.78, 5) is 26.8. The fourth-order valence-electron chi connectivity index (χ4n) is 1.88. The first-order valence-electron chi connectivity index (χ1n) is 6.80. The van der Waals surface area contributed by atoms with Gasteiger partial charge in [-0.15, -0.1) is 0 Å². The first-order chi connectivity index (χ1) is 10.6. The summed E-state index contributed by atoms with van der Waals surface area (Å²) in [5.41, 5.74) is 1.92. The van der Waals surface area contributed by atoms with Crippen LogP contribution in [0.3, 0.4) is 0 Å². The zero-order chi connectivity index (χ0) is 15.9.